The molecule has 0 fully saturated rings. The Morgan fingerprint density at radius 3 is 2.48 bits per heavy atom. The van der Waals surface area contributed by atoms with Crippen LogP contribution in [0.1, 0.15) is 17.3 Å². The highest BCUT2D eigenvalue weighted by atomic mass is 19.1. The van der Waals surface area contributed by atoms with Gasteiger partial charge in [0.1, 0.15) is 22.7 Å². The third kappa shape index (κ3) is 4.15. The fraction of sp³-hybridized carbons (Fsp3) is 0.160. The second kappa shape index (κ2) is 9.02. The van der Waals surface area contributed by atoms with Gasteiger partial charge in [0.2, 0.25) is 0 Å². The number of hydrogen-bond acceptors (Lipinski definition) is 5. The highest BCUT2D eigenvalue weighted by Crippen LogP contribution is 2.40. The molecule has 0 amide bonds. The molecule has 4 rings (SSSR count). The molecule has 31 heavy (non-hydrogen) atoms. The van der Waals surface area contributed by atoms with E-state index in [1.807, 2.05) is 42.5 Å². The third-order valence-corrected chi connectivity index (χ3v) is 4.93. The normalized spacial score (nSPS) is 10.9. The highest BCUT2D eigenvalue weighted by Gasteiger charge is 2.25. The van der Waals surface area contributed by atoms with Gasteiger partial charge >= 0.3 is 5.97 Å². The summed E-state index contributed by atoms with van der Waals surface area (Å²) in [5.74, 6) is -0.554. The van der Waals surface area contributed by atoms with E-state index in [9.17, 15) is 14.3 Å². The van der Waals surface area contributed by atoms with Gasteiger partial charge in [-0.2, -0.15) is 0 Å². The van der Waals surface area contributed by atoms with E-state index in [-0.39, 0.29) is 19.0 Å². The summed E-state index contributed by atoms with van der Waals surface area (Å²) >= 11 is 0. The molecular weight excluding hydrogens is 397 g/mol. The molecule has 0 aliphatic heterocycles. The first-order valence-corrected chi connectivity index (χ1v) is 10.1. The number of ether oxygens (including phenoxy) is 1. The number of carbonyl (C=O) groups is 1. The Kier molecular flexibility index (Phi) is 6.00. The van der Waals surface area contributed by atoms with Gasteiger partial charge in [-0.3, -0.25) is 0 Å². The molecule has 0 bridgehead atoms. The van der Waals surface area contributed by atoms with Crippen molar-refractivity contribution in [3.63, 3.8) is 0 Å². The van der Waals surface area contributed by atoms with E-state index in [0.29, 0.717) is 34.4 Å². The molecule has 0 aliphatic carbocycles. The van der Waals surface area contributed by atoms with Gasteiger partial charge < -0.3 is 19.6 Å². The lowest BCUT2D eigenvalue weighted by Crippen LogP contribution is -2.07. The summed E-state index contributed by atoms with van der Waals surface area (Å²) in [6, 6.07) is 19.2. The molecular formula is C25H22FNO4. The predicted octanol–water partition coefficient (Wildman–Crippen LogP) is 5.49. The lowest BCUT2D eigenvalue weighted by atomic mass is 9.98. The van der Waals surface area contributed by atoms with Crippen molar-refractivity contribution in [2.45, 2.75) is 6.92 Å². The maximum atomic E-state index is 13.4. The Labute approximate surface area is 179 Å². The minimum absolute atomic E-state index is 0.0284. The molecule has 6 heteroatoms. The van der Waals surface area contributed by atoms with E-state index >= 15 is 0 Å². The molecule has 2 N–H and O–H groups in total. The van der Waals surface area contributed by atoms with Crippen molar-refractivity contribution in [3.05, 3.63) is 78.1 Å². The Hall–Kier alpha value is -3.64. The topological polar surface area (TPSA) is 71.7 Å². The average Bonchev–Trinajstić information content (AvgIpc) is 3.16. The third-order valence-electron chi connectivity index (χ3n) is 4.93. The zero-order valence-corrected chi connectivity index (χ0v) is 17.0. The molecule has 0 radical (unpaired) electrons. The second-order valence-electron chi connectivity index (χ2n) is 6.94. The van der Waals surface area contributed by atoms with Gasteiger partial charge in [-0.25, -0.2) is 9.18 Å². The van der Waals surface area contributed by atoms with Gasteiger partial charge in [0.15, 0.2) is 0 Å². The summed E-state index contributed by atoms with van der Waals surface area (Å²) in [5, 5.41) is 13.1. The van der Waals surface area contributed by atoms with Crippen molar-refractivity contribution in [2.24, 2.45) is 0 Å². The summed E-state index contributed by atoms with van der Waals surface area (Å²) in [4.78, 5) is 12.9. The molecule has 0 saturated heterocycles. The van der Waals surface area contributed by atoms with E-state index in [1.54, 1.807) is 19.1 Å². The van der Waals surface area contributed by atoms with Crippen LogP contribution in [0, 0.1) is 5.82 Å². The van der Waals surface area contributed by atoms with Crippen LogP contribution in [0.2, 0.25) is 0 Å². The lowest BCUT2D eigenvalue weighted by Gasteiger charge is -2.12. The fourth-order valence-electron chi connectivity index (χ4n) is 3.55. The summed E-state index contributed by atoms with van der Waals surface area (Å²) in [6.07, 6.45) is 0. The molecule has 0 spiro atoms. The summed E-state index contributed by atoms with van der Waals surface area (Å²) < 4.78 is 24.8. The molecule has 1 heterocycles. The number of aliphatic hydroxyl groups is 1. The highest BCUT2D eigenvalue weighted by molar-refractivity contribution is 6.10. The number of rotatable bonds is 7. The van der Waals surface area contributed by atoms with Crippen LogP contribution in [-0.2, 0) is 4.74 Å². The van der Waals surface area contributed by atoms with Crippen molar-refractivity contribution in [1.29, 1.82) is 0 Å². The summed E-state index contributed by atoms with van der Waals surface area (Å²) in [7, 11) is 0. The molecule has 1 aromatic heterocycles. The van der Waals surface area contributed by atoms with Gasteiger partial charge in [-0.1, -0.05) is 30.3 Å². The quantitative estimate of drug-likeness (QED) is 0.388. The number of halogens is 1. The minimum atomic E-state index is -0.504. The Morgan fingerprint density at radius 2 is 1.81 bits per heavy atom. The zero-order valence-electron chi connectivity index (χ0n) is 17.0. The monoisotopic (exact) mass is 419 g/mol. The van der Waals surface area contributed by atoms with E-state index in [1.165, 1.54) is 12.1 Å². The molecule has 5 nitrogen and oxygen atoms in total. The number of fused-ring (bicyclic) bond motifs is 1. The molecule has 0 atom stereocenters. The van der Waals surface area contributed by atoms with E-state index in [4.69, 9.17) is 9.15 Å². The first kappa shape index (κ1) is 20.6. The zero-order chi connectivity index (χ0) is 21.8. The number of hydrogen-bond donors (Lipinski definition) is 2. The lowest BCUT2D eigenvalue weighted by molar-refractivity contribution is 0.0528. The number of nitrogens with one attached hydrogen (secondary N) is 1. The van der Waals surface area contributed by atoms with Gasteiger partial charge in [-0.05, 0) is 42.8 Å². The van der Waals surface area contributed by atoms with Crippen LogP contribution in [0.5, 0.6) is 0 Å². The van der Waals surface area contributed by atoms with Crippen LogP contribution < -0.4 is 5.32 Å². The number of esters is 1. The van der Waals surface area contributed by atoms with Crippen molar-refractivity contribution in [1.82, 2.24) is 0 Å². The minimum Gasteiger partial charge on any atom is -0.462 e. The standard InChI is InChI=1S/C25H22FNO4/c1-2-30-25(29)23-20-14-19(16-6-4-3-5-7-16)21(27-12-13-28)15-22(20)31-24(23)17-8-10-18(26)11-9-17/h3-11,14-15,27-28H,2,12-13H2,1H3. The van der Waals surface area contributed by atoms with Gasteiger partial charge in [0.05, 0.1) is 13.2 Å². The van der Waals surface area contributed by atoms with Crippen molar-refractivity contribution >= 4 is 22.6 Å². The summed E-state index contributed by atoms with van der Waals surface area (Å²) in [6.45, 7) is 2.29. The largest absolute Gasteiger partial charge is 0.462 e. The number of anilines is 1. The fourth-order valence-corrected chi connectivity index (χ4v) is 3.55. The smallest absolute Gasteiger partial charge is 0.342 e. The molecule has 158 valence electrons. The van der Waals surface area contributed by atoms with Crippen LogP contribution in [0.15, 0.2) is 71.1 Å². The van der Waals surface area contributed by atoms with Crippen molar-refractivity contribution < 1.29 is 23.4 Å². The Bertz CT molecular complexity index is 1200. The van der Waals surface area contributed by atoms with Gasteiger partial charge in [0, 0.05) is 34.8 Å². The van der Waals surface area contributed by atoms with Crippen molar-refractivity contribution in [2.75, 3.05) is 25.1 Å². The maximum Gasteiger partial charge on any atom is 0.342 e. The average molecular weight is 419 g/mol. The second-order valence-corrected chi connectivity index (χ2v) is 6.94. The van der Waals surface area contributed by atoms with Crippen LogP contribution in [0.4, 0.5) is 10.1 Å². The molecule has 4 aromatic rings. The van der Waals surface area contributed by atoms with Gasteiger partial charge in [0.25, 0.3) is 0 Å². The van der Waals surface area contributed by atoms with Crippen molar-refractivity contribution in [3.8, 4) is 22.5 Å². The first-order valence-electron chi connectivity index (χ1n) is 10.1. The number of furan rings is 1. The Morgan fingerprint density at radius 1 is 1.06 bits per heavy atom. The van der Waals surface area contributed by atoms with Crippen LogP contribution in [0.25, 0.3) is 33.4 Å². The number of aliphatic hydroxyl groups excluding tert-OH is 1. The molecule has 0 aliphatic rings. The van der Waals surface area contributed by atoms with Crippen LogP contribution in [-0.4, -0.2) is 30.8 Å². The van der Waals surface area contributed by atoms with Crippen LogP contribution >= 0.6 is 0 Å². The van der Waals surface area contributed by atoms with E-state index in [2.05, 4.69) is 5.32 Å². The molecule has 0 unspecified atom stereocenters. The molecule has 3 aromatic carbocycles. The number of carbonyl (C=O) groups excluding carboxylic acids is 1. The maximum absolute atomic E-state index is 13.4. The van der Waals surface area contributed by atoms with E-state index in [0.717, 1.165) is 16.8 Å². The number of benzene rings is 3. The van der Waals surface area contributed by atoms with Crippen LogP contribution in [0.3, 0.4) is 0 Å². The summed E-state index contributed by atoms with van der Waals surface area (Å²) in [5.41, 5.74) is 3.94. The SMILES string of the molecule is CCOC(=O)c1c(-c2ccc(F)cc2)oc2cc(NCCO)c(-c3ccccc3)cc12. The molecule has 0 saturated carbocycles. The Balaban J connectivity index is 1.98. The van der Waals surface area contributed by atoms with Gasteiger partial charge in [-0.15, -0.1) is 0 Å². The van der Waals surface area contributed by atoms with E-state index < -0.39 is 5.97 Å². The first-order chi connectivity index (χ1) is 15.1. The predicted molar refractivity (Wildman–Crippen MR) is 119 cm³/mol.